The van der Waals surface area contributed by atoms with Gasteiger partial charge in [0.05, 0.1) is 5.56 Å². The van der Waals surface area contributed by atoms with Crippen molar-refractivity contribution in [3.8, 4) is 0 Å². The highest BCUT2D eigenvalue weighted by molar-refractivity contribution is 14.1. The number of H-pyrrole nitrogens is 1. The third kappa shape index (κ3) is 2.74. The van der Waals surface area contributed by atoms with Crippen molar-refractivity contribution in [2.45, 2.75) is 13.8 Å². The first-order chi connectivity index (χ1) is 8.49. The smallest absolute Gasteiger partial charge is 0.257 e. The zero-order valence-electron chi connectivity index (χ0n) is 9.84. The van der Waals surface area contributed by atoms with Crippen LogP contribution in [0, 0.1) is 17.4 Å². The van der Waals surface area contributed by atoms with Gasteiger partial charge in [-0.1, -0.05) is 15.9 Å². The zero-order valence-corrected chi connectivity index (χ0v) is 13.6. The summed E-state index contributed by atoms with van der Waals surface area (Å²) >= 11 is 5.50. The lowest BCUT2D eigenvalue weighted by molar-refractivity contribution is 0.102. The highest BCUT2D eigenvalue weighted by Crippen LogP contribution is 2.20. The van der Waals surface area contributed by atoms with E-state index >= 15 is 0 Å². The molecule has 1 heterocycles. The van der Waals surface area contributed by atoms with Gasteiger partial charge in [-0.05, 0) is 54.6 Å². The minimum absolute atomic E-state index is 0.157. The van der Waals surface area contributed by atoms with E-state index in [1.807, 2.05) is 26.0 Å². The lowest BCUT2D eigenvalue weighted by Crippen LogP contribution is -2.14. The number of nitrogens with one attached hydrogen (secondary N) is 2. The van der Waals surface area contributed by atoms with Gasteiger partial charge in [-0.15, -0.1) is 0 Å². The van der Waals surface area contributed by atoms with Crippen LogP contribution in [0.15, 0.2) is 22.7 Å². The topological polar surface area (TPSA) is 57.8 Å². The Bertz CT molecular complexity index is 609. The second-order valence-corrected chi connectivity index (χ2v) is 5.98. The van der Waals surface area contributed by atoms with E-state index in [1.165, 1.54) is 0 Å². The molecule has 2 aromatic rings. The van der Waals surface area contributed by atoms with E-state index in [9.17, 15) is 4.79 Å². The molecule has 94 valence electrons. The Balaban J connectivity index is 2.27. The summed E-state index contributed by atoms with van der Waals surface area (Å²) < 4.78 is 1.78. The van der Waals surface area contributed by atoms with E-state index in [0.29, 0.717) is 11.4 Å². The van der Waals surface area contributed by atoms with Crippen molar-refractivity contribution in [2.24, 2.45) is 0 Å². The largest absolute Gasteiger partial charge is 0.305 e. The number of aromatic nitrogens is 2. The number of benzene rings is 1. The van der Waals surface area contributed by atoms with Gasteiger partial charge in [0, 0.05) is 19.3 Å². The number of carbonyl (C=O) groups is 1. The quantitative estimate of drug-likeness (QED) is 0.730. The molecule has 0 aliphatic carbocycles. The lowest BCUT2D eigenvalue weighted by atomic mass is 10.2. The Morgan fingerprint density at radius 2 is 2.17 bits per heavy atom. The highest BCUT2D eigenvalue weighted by Gasteiger charge is 2.14. The van der Waals surface area contributed by atoms with Crippen molar-refractivity contribution in [1.82, 2.24) is 10.2 Å². The van der Waals surface area contributed by atoms with Gasteiger partial charge in [-0.2, -0.15) is 5.10 Å². The predicted molar refractivity (Wildman–Crippen MR) is 82.9 cm³/mol. The number of hydrogen-bond acceptors (Lipinski definition) is 2. The molecule has 1 aromatic carbocycles. The van der Waals surface area contributed by atoms with Crippen LogP contribution >= 0.6 is 38.5 Å². The van der Waals surface area contributed by atoms with Crippen LogP contribution < -0.4 is 5.32 Å². The molecular formula is C12H11BrIN3O. The Kier molecular flexibility index (Phi) is 4.06. The molecule has 0 fully saturated rings. The minimum Gasteiger partial charge on any atom is -0.305 e. The van der Waals surface area contributed by atoms with Crippen molar-refractivity contribution in [3.05, 3.63) is 43.1 Å². The molecular weight excluding hydrogens is 409 g/mol. The van der Waals surface area contributed by atoms with Crippen LogP contribution in [0.5, 0.6) is 0 Å². The molecule has 0 spiro atoms. The maximum atomic E-state index is 12.2. The van der Waals surface area contributed by atoms with Gasteiger partial charge in [0.15, 0.2) is 5.82 Å². The monoisotopic (exact) mass is 419 g/mol. The number of halogens is 2. The number of anilines is 1. The standard InChI is InChI=1S/C12H11BrIN3O/c1-6-7(2)16-17-11(6)15-12(18)9-5-8(13)3-4-10(9)14/h3-5H,1-2H3,(H2,15,16,17,18). The summed E-state index contributed by atoms with van der Waals surface area (Å²) in [5, 5.41) is 9.71. The van der Waals surface area contributed by atoms with Gasteiger partial charge in [0.1, 0.15) is 0 Å². The van der Waals surface area contributed by atoms with Crippen molar-refractivity contribution in [3.63, 3.8) is 0 Å². The normalized spacial score (nSPS) is 10.4. The van der Waals surface area contributed by atoms with E-state index < -0.39 is 0 Å². The minimum atomic E-state index is -0.157. The van der Waals surface area contributed by atoms with E-state index in [2.05, 4.69) is 54.0 Å². The third-order valence-electron chi connectivity index (χ3n) is 2.66. The van der Waals surface area contributed by atoms with Crippen LogP contribution in [0.25, 0.3) is 0 Å². The number of nitrogens with zero attached hydrogens (tertiary/aromatic N) is 1. The first-order valence-corrected chi connectivity index (χ1v) is 7.14. The second kappa shape index (κ2) is 5.40. The molecule has 2 N–H and O–H groups in total. The van der Waals surface area contributed by atoms with Crippen LogP contribution in [0.1, 0.15) is 21.6 Å². The van der Waals surface area contributed by atoms with Crippen LogP contribution in [-0.4, -0.2) is 16.1 Å². The molecule has 0 bridgehead atoms. The molecule has 0 saturated heterocycles. The Morgan fingerprint density at radius 1 is 1.44 bits per heavy atom. The summed E-state index contributed by atoms with van der Waals surface area (Å²) in [6.45, 7) is 3.83. The van der Waals surface area contributed by atoms with E-state index in [-0.39, 0.29) is 5.91 Å². The van der Waals surface area contributed by atoms with Crippen molar-refractivity contribution >= 4 is 50.2 Å². The molecule has 2 rings (SSSR count). The molecule has 0 radical (unpaired) electrons. The van der Waals surface area contributed by atoms with Gasteiger partial charge in [-0.3, -0.25) is 9.89 Å². The fourth-order valence-electron chi connectivity index (χ4n) is 1.45. The Hall–Kier alpha value is -0.890. The van der Waals surface area contributed by atoms with E-state index in [1.54, 1.807) is 6.07 Å². The molecule has 0 saturated carbocycles. The summed E-state index contributed by atoms with van der Waals surface area (Å²) in [5.74, 6) is 0.420. The lowest BCUT2D eigenvalue weighted by Gasteiger charge is -2.06. The maximum Gasteiger partial charge on any atom is 0.257 e. The molecule has 0 atom stereocenters. The number of amides is 1. The van der Waals surface area contributed by atoms with Crippen LogP contribution in [-0.2, 0) is 0 Å². The zero-order chi connectivity index (χ0) is 13.3. The molecule has 0 aliphatic heterocycles. The van der Waals surface area contributed by atoms with E-state index in [4.69, 9.17) is 0 Å². The number of rotatable bonds is 2. The summed E-state index contributed by atoms with van der Waals surface area (Å²) in [5.41, 5.74) is 2.53. The molecule has 4 nitrogen and oxygen atoms in total. The molecule has 0 aliphatic rings. The van der Waals surface area contributed by atoms with Crippen LogP contribution in [0.2, 0.25) is 0 Å². The molecule has 18 heavy (non-hydrogen) atoms. The highest BCUT2D eigenvalue weighted by atomic mass is 127. The first-order valence-electron chi connectivity index (χ1n) is 5.27. The first kappa shape index (κ1) is 13.5. The van der Waals surface area contributed by atoms with Gasteiger partial charge in [0.25, 0.3) is 5.91 Å². The van der Waals surface area contributed by atoms with Gasteiger partial charge in [0.2, 0.25) is 0 Å². The predicted octanol–water partition coefficient (Wildman–Crippen LogP) is 3.65. The fourth-order valence-corrected chi connectivity index (χ4v) is 2.39. The molecule has 0 unspecified atom stereocenters. The summed E-state index contributed by atoms with van der Waals surface area (Å²) in [4.78, 5) is 12.2. The van der Waals surface area contributed by atoms with Gasteiger partial charge < -0.3 is 5.32 Å². The third-order valence-corrected chi connectivity index (χ3v) is 4.09. The fraction of sp³-hybridized carbons (Fsp3) is 0.167. The number of hydrogen-bond donors (Lipinski definition) is 2. The Labute approximate surface area is 127 Å². The maximum absolute atomic E-state index is 12.2. The summed E-state index contributed by atoms with van der Waals surface area (Å²) in [6, 6.07) is 5.59. The Morgan fingerprint density at radius 3 is 2.78 bits per heavy atom. The van der Waals surface area contributed by atoms with Crippen molar-refractivity contribution in [2.75, 3.05) is 5.32 Å². The van der Waals surface area contributed by atoms with Crippen molar-refractivity contribution < 1.29 is 4.79 Å². The van der Waals surface area contributed by atoms with E-state index in [0.717, 1.165) is 19.3 Å². The van der Waals surface area contributed by atoms with Crippen molar-refractivity contribution in [1.29, 1.82) is 0 Å². The van der Waals surface area contributed by atoms with Crippen LogP contribution in [0.3, 0.4) is 0 Å². The van der Waals surface area contributed by atoms with Gasteiger partial charge in [-0.25, -0.2) is 0 Å². The molecule has 1 amide bonds. The average Bonchev–Trinajstić information content (AvgIpc) is 2.64. The molecule has 6 heteroatoms. The number of carbonyl (C=O) groups excluding carboxylic acids is 1. The summed E-state index contributed by atoms with van der Waals surface area (Å²) in [6.07, 6.45) is 0. The number of aryl methyl sites for hydroxylation is 1. The average molecular weight is 420 g/mol. The number of aromatic amines is 1. The SMILES string of the molecule is Cc1[nH]nc(NC(=O)c2cc(Br)ccc2I)c1C. The summed E-state index contributed by atoms with van der Waals surface area (Å²) in [7, 11) is 0. The second-order valence-electron chi connectivity index (χ2n) is 3.90. The molecule has 1 aromatic heterocycles. The van der Waals surface area contributed by atoms with Crippen LogP contribution in [0.4, 0.5) is 5.82 Å². The van der Waals surface area contributed by atoms with Gasteiger partial charge >= 0.3 is 0 Å².